The Kier molecular flexibility index (Phi) is 52.5. The zero-order chi connectivity index (χ0) is 48.9. The minimum absolute atomic E-state index is 0.0622. The highest BCUT2D eigenvalue weighted by Gasteiger charge is 2.19. The van der Waals surface area contributed by atoms with Gasteiger partial charge in [0.15, 0.2) is 6.10 Å². The molecule has 0 N–H and O–H groups in total. The van der Waals surface area contributed by atoms with Crippen LogP contribution in [0, 0.1) is 11.8 Å². The van der Waals surface area contributed by atoms with E-state index in [0.29, 0.717) is 19.3 Å². The van der Waals surface area contributed by atoms with E-state index in [1.807, 2.05) is 0 Å². The molecule has 6 nitrogen and oxygen atoms in total. The fourth-order valence-corrected chi connectivity index (χ4v) is 9.40. The SMILES string of the molecule is CCCCCCCCCCCCCCCCCC(=O)O[C@H](COC(=O)CCCCCCCCCCCCCCCCCC(C)C)COC(=O)CCCCCCCCCCCCCCCC(C)C. The summed E-state index contributed by atoms with van der Waals surface area (Å²) in [5, 5.41) is 0. The molecule has 0 fully saturated rings. The Hall–Kier alpha value is -1.59. The second-order valence-electron chi connectivity index (χ2n) is 21.9. The van der Waals surface area contributed by atoms with Gasteiger partial charge in [-0.2, -0.15) is 0 Å². The molecule has 0 amide bonds. The molecular formula is C61H118O6. The number of hydrogen-bond acceptors (Lipinski definition) is 6. The standard InChI is InChI=1S/C61H118O6/c1-6-7-8-9-10-11-12-13-15-22-28-33-38-43-48-53-61(64)67-58(55-66-60(63)52-47-42-37-32-27-23-18-20-25-30-35-40-45-50-57(4)5)54-65-59(62)51-46-41-36-31-26-21-17-14-16-19-24-29-34-39-44-49-56(2)3/h56-58H,6-55H2,1-5H3/t58-/m1/s1. The fourth-order valence-electron chi connectivity index (χ4n) is 9.40. The van der Waals surface area contributed by atoms with Crippen molar-refractivity contribution in [1.82, 2.24) is 0 Å². The summed E-state index contributed by atoms with van der Waals surface area (Å²) < 4.78 is 16.9. The average molecular weight is 948 g/mol. The summed E-state index contributed by atoms with van der Waals surface area (Å²) >= 11 is 0. The van der Waals surface area contributed by atoms with E-state index >= 15 is 0 Å². The van der Waals surface area contributed by atoms with E-state index in [4.69, 9.17) is 14.2 Å². The van der Waals surface area contributed by atoms with Gasteiger partial charge in [0, 0.05) is 19.3 Å². The van der Waals surface area contributed by atoms with Gasteiger partial charge in [0.2, 0.25) is 0 Å². The van der Waals surface area contributed by atoms with Crippen molar-refractivity contribution in [3.63, 3.8) is 0 Å². The first-order valence-electron chi connectivity index (χ1n) is 30.2. The van der Waals surface area contributed by atoms with Crippen LogP contribution in [0.15, 0.2) is 0 Å². The molecule has 0 bridgehead atoms. The number of ether oxygens (including phenoxy) is 3. The van der Waals surface area contributed by atoms with Gasteiger partial charge in [-0.25, -0.2) is 0 Å². The first kappa shape index (κ1) is 65.4. The third-order valence-corrected chi connectivity index (χ3v) is 14.0. The molecule has 0 rings (SSSR count). The van der Waals surface area contributed by atoms with Gasteiger partial charge in [-0.15, -0.1) is 0 Å². The number of unbranched alkanes of at least 4 members (excludes halogenated alkanes) is 40. The molecule has 1 atom stereocenters. The lowest BCUT2D eigenvalue weighted by molar-refractivity contribution is -0.167. The highest BCUT2D eigenvalue weighted by atomic mass is 16.6. The summed E-state index contributed by atoms with van der Waals surface area (Å²) in [6.07, 6.45) is 58.1. The van der Waals surface area contributed by atoms with Crippen molar-refractivity contribution in [3.05, 3.63) is 0 Å². The van der Waals surface area contributed by atoms with Crippen LogP contribution in [0.3, 0.4) is 0 Å². The van der Waals surface area contributed by atoms with Crippen molar-refractivity contribution in [2.24, 2.45) is 11.8 Å². The fraction of sp³-hybridized carbons (Fsp3) is 0.951. The number of hydrogen-bond donors (Lipinski definition) is 0. The van der Waals surface area contributed by atoms with Crippen molar-refractivity contribution < 1.29 is 28.6 Å². The molecule has 398 valence electrons. The van der Waals surface area contributed by atoms with Crippen LogP contribution in [0.25, 0.3) is 0 Å². The maximum absolute atomic E-state index is 12.9. The molecule has 0 heterocycles. The van der Waals surface area contributed by atoms with Crippen LogP contribution in [0.4, 0.5) is 0 Å². The first-order chi connectivity index (χ1) is 32.7. The molecule has 0 spiro atoms. The number of rotatable bonds is 55. The third-order valence-electron chi connectivity index (χ3n) is 14.0. The molecular weight excluding hydrogens is 829 g/mol. The van der Waals surface area contributed by atoms with Gasteiger partial charge in [0.1, 0.15) is 13.2 Å². The number of esters is 3. The van der Waals surface area contributed by atoms with Crippen molar-refractivity contribution in [2.75, 3.05) is 13.2 Å². The normalized spacial score (nSPS) is 12.0. The zero-order valence-corrected chi connectivity index (χ0v) is 46.0. The van der Waals surface area contributed by atoms with E-state index in [1.54, 1.807) is 0 Å². The Bertz CT molecular complexity index is 1020. The van der Waals surface area contributed by atoms with Crippen molar-refractivity contribution in [1.29, 1.82) is 0 Å². The Morgan fingerprint density at radius 2 is 0.493 bits per heavy atom. The van der Waals surface area contributed by atoms with Crippen molar-refractivity contribution in [2.45, 2.75) is 349 Å². The molecule has 0 radical (unpaired) electrons. The van der Waals surface area contributed by atoms with Gasteiger partial charge in [-0.1, -0.05) is 304 Å². The molecule has 0 aromatic rings. The zero-order valence-electron chi connectivity index (χ0n) is 46.0. The minimum Gasteiger partial charge on any atom is -0.462 e. The molecule has 0 aromatic carbocycles. The molecule has 0 aromatic heterocycles. The van der Waals surface area contributed by atoms with Crippen LogP contribution < -0.4 is 0 Å². The Morgan fingerprint density at radius 1 is 0.284 bits per heavy atom. The van der Waals surface area contributed by atoms with Crippen LogP contribution in [0.1, 0.15) is 343 Å². The lowest BCUT2D eigenvalue weighted by Crippen LogP contribution is -2.30. The monoisotopic (exact) mass is 947 g/mol. The average Bonchev–Trinajstić information content (AvgIpc) is 3.30. The van der Waals surface area contributed by atoms with Crippen LogP contribution in [0.2, 0.25) is 0 Å². The molecule has 0 aliphatic rings. The molecule has 0 saturated heterocycles. The van der Waals surface area contributed by atoms with E-state index in [0.717, 1.165) is 69.6 Å². The Morgan fingerprint density at radius 3 is 0.731 bits per heavy atom. The van der Waals surface area contributed by atoms with E-state index in [1.165, 1.54) is 231 Å². The second-order valence-corrected chi connectivity index (χ2v) is 21.9. The van der Waals surface area contributed by atoms with Gasteiger partial charge in [-0.05, 0) is 31.1 Å². The lowest BCUT2D eigenvalue weighted by atomic mass is 10.0. The first-order valence-corrected chi connectivity index (χ1v) is 30.2. The summed E-state index contributed by atoms with van der Waals surface area (Å²) in [6.45, 7) is 11.4. The van der Waals surface area contributed by atoms with Gasteiger partial charge in [0.25, 0.3) is 0 Å². The predicted octanol–water partition coefficient (Wildman–Crippen LogP) is 20.0. The van der Waals surface area contributed by atoms with E-state index in [2.05, 4.69) is 34.6 Å². The van der Waals surface area contributed by atoms with Crippen LogP contribution >= 0.6 is 0 Å². The molecule has 0 aliphatic carbocycles. The summed E-state index contributed by atoms with van der Waals surface area (Å²) in [5.41, 5.74) is 0. The number of carbonyl (C=O) groups is 3. The molecule has 0 aliphatic heterocycles. The number of carbonyl (C=O) groups excluding carboxylic acids is 3. The highest BCUT2D eigenvalue weighted by Crippen LogP contribution is 2.18. The van der Waals surface area contributed by atoms with Gasteiger partial charge < -0.3 is 14.2 Å². The maximum Gasteiger partial charge on any atom is 0.306 e. The lowest BCUT2D eigenvalue weighted by Gasteiger charge is -2.18. The van der Waals surface area contributed by atoms with Crippen LogP contribution in [-0.2, 0) is 28.6 Å². The van der Waals surface area contributed by atoms with Crippen LogP contribution in [-0.4, -0.2) is 37.2 Å². The molecule has 6 heteroatoms. The topological polar surface area (TPSA) is 78.9 Å². The van der Waals surface area contributed by atoms with E-state index in [9.17, 15) is 14.4 Å². The second kappa shape index (κ2) is 53.8. The van der Waals surface area contributed by atoms with Gasteiger partial charge in [-0.3, -0.25) is 14.4 Å². The van der Waals surface area contributed by atoms with E-state index in [-0.39, 0.29) is 31.1 Å². The van der Waals surface area contributed by atoms with Crippen molar-refractivity contribution in [3.8, 4) is 0 Å². The quantitative estimate of drug-likeness (QED) is 0.0343. The smallest absolute Gasteiger partial charge is 0.306 e. The van der Waals surface area contributed by atoms with Crippen molar-refractivity contribution >= 4 is 17.9 Å². The summed E-state index contributed by atoms with van der Waals surface area (Å²) in [6, 6.07) is 0. The van der Waals surface area contributed by atoms with Crippen LogP contribution in [0.5, 0.6) is 0 Å². The summed E-state index contributed by atoms with van der Waals surface area (Å²) in [7, 11) is 0. The molecule has 0 unspecified atom stereocenters. The molecule has 0 saturated carbocycles. The van der Waals surface area contributed by atoms with Gasteiger partial charge in [0.05, 0.1) is 0 Å². The summed E-state index contributed by atoms with van der Waals surface area (Å²) in [5.74, 6) is 0.854. The van der Waals surface area contributed by atoms with E-state index < -0.39 is 6.10 Å². The Labute approximate surface area is 418 Å². The largest absolute Gasteiger partial charge is 0.462 e. The molecule has 67 heavy (non-hydrogen) atoms. The Balaban J connectivity index is 4.29. The minimum atomic E-state index is -0.763. The predicted molar refractivity (Wildman–Crippen MR) is 289 cm³/mol. The summed E-state index contributed by atoms with van der Waals surface area (Å²) in [4.78, 5) is 38.2. The third kappa shape index (κ3) is 55.2. The van der Waals surface area contributed by atoms with Gasteiger partial charge >= 0.3 is 17.9 Å². The maximum atomic E-state index is 12.9. The highest BCUT2D eigenvalue weighted by molar-refractivity contribution is 5.71.